The van der Waals surface area contributed by atoms with E-state index in [0.717, 1.165) is 48.8 Å². The molecule has 0 radical (unpaired) electrons. The van der Waals surface area contributed by atoms with Gasteiger partial charge in [-0.2, -0.15) is 13.2 Å². The highest BCUT2D eigenvalue weighted by atomic mass is 19.4. The van der Waals surface area contributed by atoms with Gasteiger partial charge in [-0.05, 0) is 66.9 Å². The molecule has 3 aromatic rings. The topological polar surface area (TPSA) is 69.6 Å². The molecule has 5 rings (SSSR count). The number of aliphatic carboxylic acids is 1. The number of piperidine rings is 1. The largest absolute Gasteiger partial charge is 0.490 e. The number of hydrogen-bond acceptors (Lipinski definition) is 3. The number of likely N-dealkylation sites (tertiary alicyclic amines) is 1. The Bertz CT molecular complexity index is 1310. The van der Waals surface area contributed by atoms with Gasteiger partial charge < -0.3 is 15.3 Å². The zero-order valence-electron chi connectivity index (χ0n) is 20.5. The van der Waals surface area contributed by atoms with Crippen LogP contribution < -0.4 is 5.32 Å². The van der Waals surface area contributed by atoms with E-state index in [1.807, 2.05) is 30.3 Å². The van der Waals surface area contributed by atoms with Crippen LogP contribution in [-0.2, 0) is 10.2 Å². The van der Waals surface area contributed by atoms with E-state index in [2.05, 4.69) is 65.7 Å². The highest BCUT2D eigenvalue weighted by Gasteiger charge is 2.39. The SMILES string of the molecule is C[C@@H](CN1CCC2(C=Cc3ccccc32)CC1)NC(=O)c1ccc2ccccc2c1.O=C(O)C(F)(F)F. The first-order chi connectivity index (χ1) is 17.6. The maximum Gasteiger partial charge on any atom is 0.490 e. The van der Waals surface area contributed by atoms with E-state index >= 15 is 0 Å². The molecule has 37 heavy (non-hydrogen) atoms. The van der Waals surface area contributed by atoms with Gasteiger partial charge in [0.15, 0.2) is 0 Å². The molecule has 194 valence electrons. The second kappa shape index (κ2) is 10.8. The van der Waals surface area contributed by atoms with Crippen molar-refractivity contribution >= 4 is 28.7 Å². The molecule has 1 heterocycles. The van der Waals surface area contributed by atoms with Gasteiger partial charge in [-0.3, -0.25) is 4.79 Å². The summed E-state index contributed by atoms with van der Waals surface area (Å²) in [5, 5.41) is 12.6. The van der Waals surface area contributed by atoms with Crippen molar-refractivity contribution in [3.8, 4) is 0 Å². The predicted octanol–water partition coefficient (Wildman–Crippen LogP) is 5.65. The Morgan fingerprint density at radius 2 is 1.62 bits per heavy atom. The van der Waals surface area contributed by atoms with Crippen molar-refractivity contribution in [2.45, 2.75) is 37.4 Å². The molecule has 1 aliphatic heterocycles. The van der Waals surface area contributed by atoms with Crippen LogP contribution in [0, 0.1) is 0 Å². The van der Waals surface area contributed by atoms with Gasteiger partial charge in [-0.15, -0.1) is 0 Å². The first-order valence-electron chi connectivity index (χ1n) is 12.2. The van der Waals surface area contributed by atoms with Gasteiger partial charge in [0.25, 0.3) is 5.91 Å². The molecule has 0 aromatic heterocycles. The van der Waals surface area contributed by atoms with Crippen molar-refractivity contribution in [2.75, 3.05) is 19.6 Å². The molecule has 0 bridgehead atoms. The third-order valence-electron chi connectivity index (χ3n) is 6.99. The molecule has 1 atom stereocenters. The Morgan fingerprint density at radius 3 is 2.30 bits per heavy atom. The van der Waals surface area contributed by atoms with Gasteiger partial charge in [0, 0.05) is 23.6 Å². The highest BCUT2D eigenvalue weighted by Crippen LogP contribution is 2.43. The first kappa shape index (κ1) is 26.4. The Balaban J connectivity index is 0.000000405. The lowest BCUT2D eigenvalue weighted by Crippen LogP contribution is -2.47. The molecule has 1 amide bonds. The highest BCUT2D eigenvalue weighted by molar-refractivity contribution is 5.98. The molecular weight excluding hydrogens is 481 g/mol. The molecule has 3 aromatic carbocycles. The number of allylic oxidation sites excluding steroid dienone is 1. The number of rotatable bonds is 4. The number of alkyl halides is 3. The third kappa shape index (κ3) is 6.20. The molecule has 1 aliphatic carbocycles. The molecule has 1 saturated heterocycles. The number of hydrogen-bond donors (Lipinski definition) is 2. The van der Waals surface area contributed by atoms with Crippen molar-refractivity contribution in [3.63, 3.8) is 0 Å². The minimum Gasteiger partial charge on any atom is -0.475 e. The fourth-order valence-electron chi connectivity index (χ4n) is 5.08. The number of amides is 1. The molecule has 1 spiro atoms. The number of halogens is 3. The lowest BCUT2D eigenvalue weighted by Gasteiger charge is -2.40. The number of nitrogens with zero attached hydrogens (tertiary/aromatic N) is 1. The van der Waals surface area contributed by atoms with Crippen LogP contribution in [0.1, 0.15) is 41.3 Å². The summed E-state index contributed by atoms with van der Waals surface area (Å²) in [5.74, 6) is -2.75. The Kier molecular flexibility index (Phi) is 7.68. The summed E-state index contributed by atoms with van der Waals surface area (Å²) in [7, 11) is 0. The minimum atomic E-state index is -5.08. The zero-order chi connectivity index (χ0) is 26.6. The van der Waals surface area contributed by atoms with Gasteiger partial charge in [0.1, 0.15) is 0 Å². The van der Waals surface area contributed by atoms with Gasteiger partial charge in [-0.1, -0.05) is 66.7 Å². The maximum absolute atomic E-state index is 12.7. The summed E-state index contributed by atoms with van der Waals surface area (Å²) in [5.41, 5.74) is 3.81. The second-order valence-electron chi connectivity index (χ2n) is 9.62. The van der Waals surface area contributed by atoms with Crippen molar-refractivity contribution < 1.29 is 27.9 Å². The summed E-state index contributed by atoms with van der Waals surface area (Å²) in [6, 6.07) is 23.0. The number of carboxylic acid groups (broad SMARTS) is 1. The molecule has 0 unspecified atom stereocenters. The van der Waals surface area contributed by atoms with E-state index < -0.39 is 12.1 Å². The van der Waals surface area contributed by atoms with Crippen LogP contribution in [0.4, 0.5) is 13.2 Å². The summed E-state index contributed by atoms with van der Waals surface area (Å²) >= 11 is 0. The van der Waals surface area contributed by atoms with E-state index in [1.54, 1.807) is 0 Å². The van der Waals surface area contributed by atoms with Crippen LogP contribution in [0.2, 0.25) is 0 Å². The summed E-state index contributed by atoms with van der Waals surface area (Å²) in [6.45, 7) is 5.12. The smallest absolute Gasteiger partial charge is 0.475 e. The molecule has 2 N–H and O–H groups in total. The molecule has 0 saturated carbocycles. The monoisotopic (exact) mass is 510 g/mol. The summed E-state index contributed by atoms with van der Waals surface area (Å²) < 4.78 is 31.7. The Labute approximate surface area is 213 Å². The van der Waals surface area contributed by atoms with E-state index in [-0.39, 0.29) is 17.4 Å². The quantitative estimate of drug-likeness (QED) is 0.476. The second-order valence-corrected chi connectivity index (χ2v) is 9.62. The van der Waals surface area contributed by atoms with E-state index in [9.17, 15) is 18.0 Å². The zero-order valence-corrected chi connectivity index (χ0v) is 20.5. The number of carbonyl (C=O) groups is 2. The normalized spacial score (nSPS) is 17.1. The number of fused-ring (bicyclic) bond motifs is 3. The van der Waals surface area contributed by atoms with Crippen molar-refractivity contribution in [3.05, 3.63) is 89.5 Å². The average molecular weight is 511 g/mol. The van der Waals surface area contributed by atoms with Crippen LogP contribution in [0.5, 0.6) is 0 Å². The lowest BCUT2D eigenvalue weighted by molar-refractivity contribution is -0.192. The Morgan fingerprint density at radius 1 is 1.00 bits per heavy atom. The van der Waals surface area contributed by atoms with E-state index in [1.165, 1.54) is 11.1 Å². The van der Waals surface area contributed by atoms with Crippen LogP contribution in [0.25, 0.3) is 16.8 Å². The van der Waals surface area contributed by atoms with Crippen LogP contribution in [-0.4, -0.2) is 53.7 Å². The maximum atomic E-state index is 12.7. The first-order valence-corrected chi connectivity index (χ1v) is 12.2. The van der Waals surface area contributed by atoms with Crippen molar-refractivity contribution in [1.82, 2.24) is 10.2 Å². The third-order valence-corrected chi connectivity index (χ3v) is 6.99. The van der Waals surface area contributed by atoms with Gasteiger partial charge in [-0.25, -0.2) is 4.79 Å². The molecule has 5 nitrogen and oxygen atoms in total. The molecule has 2 aliphatic rings. The minimum absolute atomic E-state index is 0.00869. The van der Waals surface area contributed by atoms with Gasteiger partial charge >= 0.3 is 12.1 Å². The number of carbonyl (C=O) groups excluding carboxylic acids is 1. The van der Waals surface area contributed by atoms with E-state index in [0.29, 0.717) is 0 Å². The lowest BCUT2D eigenvalue weighted by atomic mass is 9.74. The van der Waals surface area contributed by atoms with Crippen LogP contribution in [0.3, 0.4) is 0 Å². The van der Waals surface area contributed by atoms with E-state index in [4.69, 9.17) is 9.90 Å². The number of benzene rings is 3. The van der Waals surface area contributed by atoms with Crippen molar-refractivity contribution in [1.29, 1.82) is 0 Å². The molecule has 1 fully saturated rings. The fourth-order valence-corrected chi connectivity index (χ4v) is 5.08. The molecule has 8 heteroatoms. The summed E-state index contributed by atoms with van der Waals surface area (Å²) in [6.07, 6.45) is 1.91. The Hall–Kier alpha value is -3.65. The van der Waals surface area contributed by atoms with Crippen LogP contribution >= 0.6 is 0 Å². The average Bonchev–Trinajstić information content (AvgIpc) is 3.23. The number of carboxylic acids is 1. The summed E-state index contributed by atoms with van der Waals surface area (Å²) in [4.78, 5) is 24.1. The standard InChI is InChI=1S/C27H28N2O.C2HF3O2/c1-20(28-26(30)24-11-10-21-6-2-3-8-23(21)18-24)19-29-16-14-27(15-17-29)13-12-22-7-4-5-9-25(22)27;3-2(4,5)1(6)7/h2-13,18,20H,14-17,19H2,1H3,(H,28,30);(H,6,7)/t20-;/m0./s1. The van der Waals surface area contributed by atoms with Crippen LogP contribution in [0.15, 0.2) is 72.8 Å². The van der Waals surface area contributed by atoms with Gasteiger partial charge in [0.05, 0.1) is 0 Å². The fraction of sp³-hybridized carbons (Fsp3) is 0.310. The van der Waals surface area contributed by atoms with Crippen molar-refractivity contribution in [2.24, 2.45) is 0 Å². The predicted molar refractivity (Wildman–Crippen MR) is 137 cm³/mol. The molecular formula is C29H29F3N2O3. The van der Waals surface area contributed by atoms with Gasteiger partial charge in [0.2, 0.25) is 0 Å². The number of nitrogens with one attached hydrogen (secondary N) is 1.